The van der Waals surface area contributed by atoms with Crippen LogP contribution in [0.1, 0.15) is 57.6 Å². The molecule has 112 valence electrons. The molecule has 0 heterocycles. The first-order valence-corrected chi connectivity index (χ1v) is 8.11. The smallest absolute Gasteiger partial charge is 0.120 e. The summed E-state index contributed by atoms with van der Waals surface area (Å²) in [5, 5.41) is 4.50. The predicted molar refractivity (Wildman–Crippen MR) is 85.6 cm³/mol. The molecule has 0 radical (unpaired) electrons. The van der Waals surface area contributed by atoms with Crippen molar-refractivity contribution in [2.45, 2.75) is 52.0 Å². The van der Waals surface area contributed by atoms with Crippen LogP contribution >= 0.6 is 11.6 Å². The zero-order valence-electron chi connectivity index (χ0n) is 12.8. The van der Waals surface area contributed by atoms with E-state index in [0.29, 0.717) is 11.5 Å². The Hall–Kier alpha value is -0.730. The van der Waals surface area contributed by atoms with Crippen molar-refractivity contribution in [3.05, 3.63) is 28.8 Å². The van der Waals surface area contributed by atoms with Gasteiger partial charge in [-0.3, -0.25) is 0 Å². The second kappa shape index (κ2) is 6.82. The van der Waals surface area contributed by atoms with Crippen molar-refractivity contribution in [3.8, 4) is 5.75 Å². The molecular formula is C17H26ClNO. The van der Waals surface area contributed by atoms with Crippen LogP contribution in [-0.4, -0.2) is 13.7 Å². The summed E-state index contributed by atoms with van der Waals surface area (Å²) in [6, 6.07) is 6.42. The number of methoxy groups -OCH3 is 1. The first-order chi connectivity index (χ1) is 9.66. The van der Waals surface area contributed by atoms with Gasteiger partial charge in [0.05, 0.1) is 7.11 Å². The van der Waals surface area contributed by atoms with Crippen LogP contribution in [0.4, 0.5) is 0 Å². The topological polar surface area (TPSA) is 21.3 Å². The molecule has 1 atom stereocenters. The minimum Gasteiger partial charge on any atom is -0.497 e. The first kappa shape index (κ1) is 15.7. The van der Waals surface area contributed by atoms with Crippen LogP contribution in [0.15, 0.2) is 18.2 Å². The Labute approximate surface area is 127 Å². The highest BCUT2D eigenvalue weighted by Gasteiger charge is 2.40. The molecular weight excluding hydrogens is 270 g/mol. The third-order valence-electron chi connectivity index (χ3n) is 4.84. The fourth-order valence-electron chi connectivity index (χ4n) is 3.65. The number of benzene rings is 1. The second-order valence-electron chi connectivity index (χ2n) is 5.80. The summed E-state index contributed by atoms with van der Waals surface area (Å²) < 4.78 is 5.26. The third-order valence-corrected chi connectivity index (χ3v) is 5.17. The average molecular weight is 296 g/mol. The molecule has 1 saturated carbocycles. The van der Waals surface area contributed by atoms with Crippen LogP contribution in [0, 0.1) is 5.41 Å². The molecule has 0 spiro atoms. The molecule has 1 aromatic rings. The van der Waals surface area contributed by atoms with Gasteiger partial charge in [-0.2, -0.15) is 0 Å². The van der Waals surface area contributed by atoms with Gasteiger partial charge in [0, 0.05) is 11.1 Å². The molecule has 0 aromatic heterocycles. The SMILES string of the molecule is CCNC(c1ccc(OC)cc1Cl)C1(CC)CCCC1. The van der Waals surface area contributed by atoms with Crippen molar-refractivity contribution in [1.29, 1.82) is 0 Å². The number of halogens is 1. The van der Waals surface area contributed by atoms with Crippen molar-refractivity contribution in [3.63, 3.8) is 0 Å². The minimum absolute atomic E-state index is 0.346. The van der Waals surface area contributed by atoms with Crippen molar-refractivity contribution in [1.82, 2.24) is 5.32 Å². The summed E-state index contributed by atoms with van der Waals surface area (Å²) >= 11 is 6.52. The highest BCUT2D eigenvalue weighted by atomic mass is 35.5. The van der Waals surface area contributed by atoms with Crippen LogP contribution in [0.25, 0.3) is 0 Å². The van der Waals surface area contributed by atoms with Crippen LogP contribution in [-0.2, 0) is 0 Å². The summed E-state index contributed by atoms with van der Waals surface area (Å²) in [5.41, 5.74) is 1.58. The largest absolute Gasteiger partial charge is 0.497 e. The van der Waals surface area contributed by atoms with Crippen molar-refractivity contribution < 1.29 is 4.74 Å². The Morgan fingerprint density at radius 3 is 2.50 bits per heavy atom. The normalized spacial score (nSPS) is 19.0. The standard InChI is InChI=1S/C17H26ClNO/c1-4-17(10-6-7-11-17)16(19-5-2)14-9-8-13(20-3)12-15(14)18/h8-9,12,16,19H,4-7,10-11H2,1-3H3. The summed E-state index contributed by atoms with van der Waals surface area (Å²) in [6.07, 6.45) is 6.47. The molecule has 1 aliphatic rings. The van der Waals surface area contributed by atoms with E-state index in [4.69, 9.17) is 16.3 Å². The Morgan fingerprint density at radius 2 is 2.00 bits per heavy atom. The molecule has 2 rings (SSSR count). The van der Waals surface area contributed by atoms with E-state index in [-0.39, 0.29) is 0 Å². The third kappa shape index (κ3) is 2.96. The maximum Gasteiger partial charge on any atom is 0.120 e. The van der Waals surface area contributed by atoms with E-state index in [1.165, 1.54) is 37.7 Å². The number of hydrogen-bond donors (Lipinski definition) is 1. The molecule has 0 amide bonds. The van der Waals surface area contributed by atoms with Gasteiger partial charge in [-0.25, -0.2) is 0 Å². The molecule has 1 aromatic carbocycles. The molecule has 3 heteroatoms. The summed E-state index contributed by atoms with van der Waals surface area (Å²) in [5.74, 6) is 0.825. The lowest BCUT2D eigenvalue weighted by Crippen LogP contribution is -2.36. The highest BCUT2D eigenvalue weighted by Crippen LogP contribution is 2.51. The maximum absolute atomic E-state index is 6.52. The Kier molecular flexibility index (Phi) is 5.34. The van der Waals surface area contributed by atoms with E-state index in [0.717, 1.165) is 17.3 Å². The fraction of sp³-hybridized carbons (Fsp3) is 0.647. The molecule has 0 saturated heterocycles. The van der Waals surface area contributed by atoms with Gasteiger partial charge in [-0.1, -0.05) is 44.4 Å². The zero-order valence-corrected chi connectivity index (χ0v) is 13.6. The monoisotopic (exact) mass is 295 g/mol. The molecule has 1 N–H and O–H groups in total. The van der Waals surface area contributed by atoms with Crippen LogP contribution in [0.3, 0.4) is 0 Å². The summed E-state index contributed by atoms with van der Waals surface area (Å²) in [4.78, 5) is 0. The Bertz CT molecular complexity index is 441. The maximum atomic E-state index is 6.52. The first-order valence-electron chi connectivity index (χ1n) is 7.73. The number of rotatable bonds is 6. The van der Waals surface area contributed by atoms with Crippen molar-refractivity contribution in [2.75, 3.05) is 13.7 Å². The Morgan fingerprint density at radius 1 is 1.30 bits per heavy atom. The van der Waals surface area contributed by atoms with Gasteiger partial charge in [0.25, 0.3) is 0 Å². The molecule has 2 nitrogen and oxygen atoms in total. The van der Waals surface area contributed by atoms with Gasteiger partial charge >= 0.3 is 0 Å². The van der Waals surface area contributed by atoms with Gasteiger partial charge in [-0.15, -0.1) is 0 Å². The molecule has 1 fully saturated rings. The van der Waals surface area contributed by atoms with Gasteiger partial charge in [0.1, 0.15) is 5.75 Å². The molecule has 1 aliphatic carbocycles. The van der Waals surface area contributed by atoms with E-state index in [1.807, 2.05) is 12.1 Å². The zero-order chi connectivity index (χ0) is 14.6. The summed E-state index contributed by atoms with van der Waals surface area (Å²) in [6.45, 7) is 5.45. The molecule has 0 aliphatic heterocycles. The predicted octanol–water partition coefficient (Wildman–Crippen LogP) is 4.97. The lowest BCUT2D eigenvalue weighted by molar-refractivity contribution is 0.189. The molecule has 0 bridgehead atoms. The lowest BCUT2D eigenvalue weighted by Gasteiger charge is -2.38. The van der Waals surface area contributed by atoms with E-state index >= 15 is 0 Å². The van der Waals surface area contributed by atoms with Gasteiger partial charge < -0.3 is 10.1 Å². The van der Waals surface area contributed by atoms with E-state index in [1.54, 1.807) is 7.11 Å². The van der Waals surface area contributed by atoms with Gasteiger partial charge in [-0.05, 0) is 48.9 Å². The Balaban J connectivity index is 2.37. The van der Waals surface area contributed by atoms with E-state index < -0.39 is 0 Å². The summed E-state index contributed by atoms with van der Waals surface area (Å²) in [7, 11) is 1.68. The average Bonchev–Trinajstić information content (AvgIpc) is 2.95. The van der Waals surface area contributed by atoms with E-state index in [9.17, 15) is 0 Å². The van der Waals surface area contributed by atoms with Crippen molar-refractivity contribution in [2.24, 2.45) is 5.41 Å². The molecule has 1 unspecified atom stereocenters. The quantitative estimate of drug-likeness (QED) is 0.800. The van der Waals surface area contributed by atoms with Crippen LogP contribution in [0.2, 0.25) is 5.02 Å². The van der Waals surface area contributed by atoms with Crippen molar-refractivity contribution >= 4 is 11.6 Å². The van der Waals surface area contributed by atoms with Gasteiger partial charge in [0.15, 0.2) is 0 Å². The molecule has 20 heavy (non-hydrogen) atoms. The second-order valence-corrected chi connectivity index (χ2v) is 6.21. The number of ether oxygens (including phenoxy) is 1. The van der Waals surface area contributed by atoms with Crippen LogP contribution < -0.4 is 10.1 Å². The number of hydrogen-bond acceptors (Lipinski definition) is 2. The minimum atomic E-state index is 0.346. The number of nitrogens with one attached hydrogen (secondary N) is 1. The van der Waals surface area contributed by atoms with Crippen LogP contribution in [0.5, 0.6) is 5.75 Å². The lowest BCUT2D eigenvalue weighted by atomic mass is 9.73. The fourth-order valence-corrected chi connectivity index (χ4v) is 3.93. The highest BCUT2D eigenvalue weighted by molar-refractivity contribution is 6.31. The van der Waals surface area contributed by atoms with E-state index in [2.05, 4.69) is 25.2 Å². The van der Waals surface area contributed by atoms with Gasteiger partial charge in [0.2, 0.25) is 0 Å².